The summed E-state index contributed by atoms with van der Waals surface area (Å²) >= 11 is 1.45. The van der Waals surface area contributed by atoms with Gasteiger partial charge in [0.25, 0.3) is 0 Å². The first-order valence-electron chi connectivity index (χ1n) is 32.5. The molecule has 0 radical (unpaired) electrons. The molecular weight excluding hydrogens is 1260 g/mol. The highest BCUT2D eigenvalue weighted by molar-refractivity contribution is 7.98. The van der Waals surface area contributed by atoms with Gasteiger partial charge in [0, 0.05) is 45.3 Å². The lowest BCUT2D eigenvalue weighted by atomic mass is 9.96. The summed E-state index contributed by atoms with van der Waals surface area (Å²) in [7, 11) is 0. The number of carbonyl (C=O) groups is 13. The lowest BCUT2D eigenvalue weighted by Crippen LogP contribution is -2.61. The number of nitrogens with one attached hydrogen (secondary N) is 8. The van der Waals surface area contributed by atoms with E-state index < -0.39 is 169 Å². The van der Waals surface area contributed by atoms with Crippen molar-refractivity contribution in [3.8, 4) is 0 Å². The second-order valence-corrected chi connectivity index (χ2v) is 25.8. The Morgan fingerprint density at radius 3 is 1.56 bits per heavy atom. The lowest BCUT2D eigenvalue weighted by Gasteiger charge is -2.32. The van der Waals surface area contributed by atoms with E-state index in [1.54, 1.807) is 60.7 Å². The first kappa shape index (κ1) is 79.5. The molecule has 10 atom stereocenters. The second-order valence-electron chi connectivity index (χ2n) is 24.8. The van der Waals surface area contributed by atoms with Gasteiger partial charge in [0.2, 0.25) is 76.8 Å². The van der Waals surface area contributed by atoms with Crippen LogP contribution in [0.3, 0.4) is 0 Å². The van der Waals surface area contributed by atoms with Crippen molar-refractivity contribution in [1.29, 1.82) is 0 Å². The molecule has 22 N–H and O–H groups in total. The average molecular weight is 1360 g/mol. The monoisotopic (exact) mass is 1360 g/mol. The van der Waals surface area contributed by atoms with Crippen molar-refractivity contribution in [3.05, 3.63) is 71.8 Å². The van der Waals surface area contributed by atoms with Crippen LogP contribution in [0, 0.1) is 5.92 Å². The second kappa shape index (κ2) is 40.5. The minimum atomic E-state index is -1.65. The molecule has 31 nitrogen and oxygen atoms in total. The smallest absolute Gasteiger partial charge is 0.245 e. The quantitative estimate of drug-likeness (QED) is 0.0176. The zero-order valence-corrected chi connectivity index (χ0v) is 56.2. The lowest BCUT2D eigenvalue weighted by molar-refractivity contribution is -0.144. The fourth-order valence-corrected chi connectivity index (χ4v) is 11.8. The van der Waals surface area contributed by atoms with E-state index in [0.717, 1.165) is 0 Å². The van der Waals surface area contributed by atoms with Crippen molar-refractivity contribution in [2.45, 2.75) is 190 Å². The maximum Gasteiger partial charge on any atom is 0.245 e. The molecule has 0 spiro atoms. The summed E-state index contributed by atoms with van der Waals surface area (Å²) in [6.07, 6.45) is 3.07. The summed E-state index contributed by atoms with van der Waals surface area (Å²) in [5.74, 6) is -9.88. The largest absolute Gasteiger partial charge is 0.370 e. The Kier molecular flexibility index (Phi) is 33.5. The topological polar surface area (TPSA) is 519 Å². The number of thioether (sulfide) groups is 1. The zero-order chi connectivity index (χ0) is 71.1. The number of guanidine groups is 1. The predicted molar refractivity (Wildman–Crippen MR) is 360 cm³/mol. The van der Waals surface area contributed by atoms with Crippen LogP contribution in [0.4, 0.5) is 0 Å². The number of amides is 13. The van der Waals surface area contributed by atoms with Crippen LogP contribution in [-0.2, 0) is 75.2 Å². The summed E-state index contributed by atoms with van der Waals surface area (Å²) in [6, 6.07) is 5.47. The predicted octanol–water partition coefficient (Wildman–Crippen LogP) is -3.32. The molecule has 32 heteroatoms. The van der Waals surface area contributed by atoms with Gasteiger partial charge in [-0.15, -0.1) is 0 Å². The van der Waals surface area contributed by atoms with Crippen molar-refractivity contribution in [2.75, 3.05) is 44.7 Å². The fraction of sp³-hybridized carbons (Fsp3) is 0.594. The number of aliphatic imine (C=N–C) groups is 1. The van der Waals surface area contributed by atoms with E-state index in [1.165, 1.54) is 28.5 Å². The fourth-order valence-electron chi connectivity index (χ4n) is 11.1. The van der Waals surface area contributed by atoms with Gasteiger partial charge in [0.1, 0.15) is 53.9 Å². The Morgan fingerprint density at radius 1 is 0.583 bits per heavy atom. The number of carbonyl (C=O) groups excluding carboxylic acids is 13. The van der Waals surface area contributed by atoms with Crippen molar-refractivity contribution in [2.24, 2.45) is 51.0 Å². The van der Waals surface area contributed by atoms with Crippen LogP contribution in [0.5, 0.6) is 0 Å². The zero-order valence-electron chi connectivity index (χ0n) is 55.4. The minimum Gasteiger partial charge on any atom is -0.370 e. The third kappa shape index (κ3) is 26.7. The summed E-state index contributed by atoms with van der Waals surface area (Å²) in [4.78, 5) is 186. The number of nitrogens with two attached hydrogens (primary N) is 7. The molecule has 96 heavy (non-hydrogen) atoms. The van der Waals surface area contributed by atoms with E-state index in [2.05, 4.69) is 47.5 Å². The van der Waals surface area contributed by atoms with Crippen molar-refractivity contribution in [3.63, 3.8) is 0 Å². The van der Waals surface area contributed by atoms with Crippen molar-refractivity contribution in [1.82, 2.24) is 52.3 Å². The van der Waals surface area contributed by atoms with E-state index in [4.69, 9.17) is 40.1 Å². The van der Waals surface area contributed by atoms with Gasteiger partial charge in [-0.3, -0.25) is 67.3 Å². The highest BCUT2D eigenvalue weighted by Crippen LogP contribution is 2.24. The van der Waals surface area contributed by atoms with E-state index in [1.807, 2.05) is 20.1 Å². The molecule has 2 fully saturated rings. The summed E-state index contributed by atoms with van der Waals surface area (Å²) < 4.78 is 0. The number of rotatable bonds is 42. The summed E-state index contributed by atoms with van der Waals surface area (Å²) in [5, 5.41) is 21.2. The van der Waals surface area contributed by atoms with E-state index in [0.29, 0.717) is 55.4 Å². The van der Waals surface area contributed by atoms with Crippen molar-refractivity contribution >= 4 is 94.5 Å². The molecule has 0 unspecified atom stereocenters. The standard InChI is InChI=1S/C64H100N18O13S/c1-38(2)34-45(57(90)80-64(3,62(69)95)28-33-96-4)74-52(85)37-73-53(86)46(35-39-16-7-5-8-17-39)78-56(89)47(36-40-18-9-6-10-19-40)79-55(88)42(24-26-50(67)83)75-54(87)43(25-27-51(68)84)76-58(91)49-23-15-32-82(49)61(94)44(21-11-12-29-65)77-59(92)48-22-14-31-81(48)60(93)41(66)20-13-30-72-63(70)71/h5-10,16-19,38,41-49H,11-15,20-37,65-66H2,1-4H3,(H2,67,83)(H2,68,84)(H2,69,95)(H,73,86)(H,74,85)(H,75,87)(H,76,91)(H,77,92)(H,78,89)(H,79,88)(H,80,90)(H4,70,71,72)/t41-,42-,43-,44-,45-,46-,47-,48-,49-,64-/m0/s1. The highest BCUT2D eigenvalue weighted by Gasteiger charge is 2.43. The number of primary amides is 3. The van der Waals surface area contributed by atoms with Gasteiger partial charge in [-0.25, -0.2) is 0 Å². The molecule has 2 heterocycles. The minimum absolute atomic E-state index is 0.0730. The molecule has 13 amide bonds. The molecule has 2 saturated heterocycles. The maximum atomic E-state index is 14.7. The summed E-state index contributed by atoms with van der Waals surface area (Å²) in [5.41, 5.74) is 39.4. The molecule has 0 aromatic heterocycles. The maximum absolute atomic E-state index is 14.7. The van der Waals surface area contributed by atoms with E-state index in [9.17, 15) is 62.3 Å². The first-order chi connectivity index (χ1) is 45.6. The molecule has 4 rings (SSSR count). The number of nitrogens with zero attached hydrogens (tertiary/aromatic N) is 3. The molecule has 530 valence electrons. The van der Waals surface area contributed by atoms with Gasteiger partial charge < -0.3 is 92.5 Å². The van der Waals surface area contributed by atoms with Gasteiger partial charge in [0.15, 0.2) is 5.96 Å². The normalized spacial score (nSPS) is 17.1. The van der Waals surface area contributed by atoms with Gasteiger partial charge in [-0.2, -0.15) is 11.8 Å². The van der Waals surface area contributed by atoms with E-state index >= 15 is 0 Å². The number of unbranched alkanes of at least 4 members (excludes halogenated alkanes) is 1. The van der Waals surface area contributed by atoms with E-state index in [-0.39, 0.29) is 83.0 Å². The van der Waals surface area contributed by atoms with Crippen LogP contribution in [0.15, 0.2) is 65.7 Å². The molecule has 2 aromatic rings. The van der Waals surface area contributed by atoms with Crippen LogP contribution >= 0.6 is 11.8 Å². The Balaban J connectivity index is 1.57. The number of hydrogen-bond donors (Lipinski definition) is 15. The number of likely N-dealkylation sites (tertiary alicyclic amines) is 2. The number of hydrogen-bond acceptors (Lipinski definition) is 17. The molecule has 0 bridgehead atoms. The number of benzene rings is 2. The van der Waals surface area contributed by atoms with Crippen LogP contribution in [0.25, 0.3) is 0 Å². The Morgan fingerprint density at radius 2 is 1.07 bits per heavy atom. The third-order valence-electron chi connectivity index (χ3n) is 16.5. The molecule has 0 aliphatic carbocycles. The third-order valence-corrected chi connectivity index (χ3v) is 17.1. The van der Waals surface area contributed by atoms with Gasteiger partial charge in [0.05, 0.1) is 12.6 Å². The van der Waals surface area contributed by atoms with Gasteiger partial charge in [-0.1, -0.05) is 74.5 Å². The SMILES string of the molecule is CSCC[C@](C)(NC(=O)[C@H](CC(C)C)NC(=O)CNC(=O)[C@H](Cc1ccccc1)NC(=O)[C@H](Cc1ccccc1)NC(=O)[C@H](CCC(N)=O)NC(=O)[C@H](CCC(N)=O)NC(=O)[C@@H]1CCCN1C(=O)[C@H](CCCCN)NC(=O)[C@@H]1CCCN1C(=O)[C@@H](N)CCCN=C(N)N)C(N)=O. The summed E-state index contributed by atoms with van der Waals surface area (Å²) in [6.45, 7) is 5.36. The Hall–Kier alpha value is -8.91. The first-order valence-corrected chi connectivity index (χ1v) is 33.9. The van der Waals surface area contributed by atoms with Gasteiger partial charge >= 0.3 is 0 Å². The molecule has 0 saturated carbocycles. The Bertz CT molecular complexity index is 3020. The van der Waals surface area contributed by atoms with Crippen molar-refractivity contribution < 1.29 is 62.3 Å². The highest BCUT2D eigenvalue weighted by atomic mass is 32.2. The average Bonchev–Trinajstić information content (AvgIpc) is 1.55. The molecule has 2 aliphatic heterocycles. The Labute approximate surface area is 564 Å². The molecular formula is C64H100N18O13S. The molecule has 2 aliphatic rings. The van der Waals surface area contributed by atoms with Gasteiger partial charge in [-0.05, 0) is 126 Å². The molecule has 2 aromatic carbocycles. The van der Waals surface area contributed by atoms with Crippen LogP contribution in [0.1, 0.15) is 128 Å². The van der Waals surface area contributed by atoms with Crippen LogP contribution < -0.4 is 82.7 Å². The van der Waals surface area contributed by atoms with Crippen LogP contribution in [-0.4, -0.2) is 197 Å². The van der Waals surface area contributed by atoms with Crippen LogP contribution in [0.2, 0.25) is 0 Å².